The number of rotatable bonds is 10. The number of aryl methyl sites for hydroxylation is 3. The first-order valence-electron chi connectivity index (χ1n) is 23.6. The molecule has 0 spiro atoms. The quantitative estimate of drug-likeness (QED) is 0.137. The highest BCUT2D eigenvalue weighted by Gasteiger charge is 2.37. The summed E-state index contributed by atoms with van der Waals surface area (Å²) in [5.41, 5.74) is 11.3. The van der Waals surface area contributed by atoms with Crippen LogP contribution in [0, 0.1) is 20.8 Å². The molecule has 2 N–H and O–H groups in total. The van der Waals surface area contributed by atoms with Crippen LogP contribution < -0.4 is 9.80 Å². The van der Waals surface area contributed by atoms with E-state index in [1.807, 2.05) is 19.1 Å². The first-order valence-corrected chi connectivity index (χ1v) is 24.5. The molecule has 3 atom stereocenters. The fourth-order valence-corrected chi connectivity index (χ4v) is 12.3. The summed E-state index contributed by atoms with van der Waals surface area (Å²) >= 11 is 1.75. The number of aromatic nitrogens is 4. The Kier molecular flexibility index (Phi) is 11.4. The Bertz CT molecular complexity index is 2930. The van der Waals surface area contributed by atoms with Crippen LogP contribution in [0.3, 0.4) is 0 Å². The monoisotopic (exact) mass is 912 g/mol. The first-order chi connectivity index (χ1) is 32.6. The number of fused-ring (bicyclic) bond motifs is 4. The van der Waals surface area contributed by atoms with Crippen LogP contribution in [-0.4, -0.2) is 98.0 Å². The lowest BCUT2D eigenvalue weighted by atomic mass is 9.69. The molecule has 2 fully saturated rings. The lowest BCUT2D eigenvalue weighted by molar-refractivity contribution is -0.0173. The van der Waals surface area contributed by atoms with Crippen LogP contribution in [0.25, 0.3) is 5.00 Å². The highest BCUT2D eigenvalue weighted by atomic mass is 32.1. The molecule has 0 unspecified atom stereocenters. The first kappa shape index (κ1) is 43.2. The molecule has 0 saturated carbocycles. The lowest BCUT2D eigenvalue weighted by Gasteiger charge is -2.44. The molecular formula is C54H56N8O4S. The van der Waals surface area contributed by atoms with Crippen molar-refractivity contribution in [3.05, 3.63) is 176 Å². The van der Waals surface area contributed by atoms with Crippen molar-refractivity contribution in [3.8, 4) is 5.00 Å². The van der Waals surface area contributed by atoms with Gasteiger partial charge in [-0.15, -0.1) is 21.5 Å². The number of oxazole rings is 1. The molecule has 11 rings (SSSR count). The van der Waals surface area contributed by atoms with Gasteiger partial charge in [0, 0.05) is 79.1 Å². The fraction of sp³-hybridized carbons (Fsp3) is 0.352. The summed E-state index contributed by atoms with van der Waals surface area (Å²) in [6.45, 7) is 12.2. The van der Waals surface area contributed by atoms with Gasteiger partial charge in [0.15, 0.2) is 11.7 Å². The number of hydrogen-bond donors (Lipinski definition) is 2. The summed E-state index contributed by atoms with van der Waals surface area (Å²) in [5, 5.41) is 31.8. The number of anilines is 2. The van der Waals surface area contributed by atoms with Crippen molar-refractivity contribution in [3.63, 3.8) is 0 Å². The normalized spacial score (nSPS) is 20.4. The topological polar surface area (TPSA) is 136 Å². The number of aliphatic hydroxyl groups is 1. The second-order valence-electron chi connectivity index (χ2n) is 18.9. The molecule has 0 radical (unpaired) electrons. The molecule has 342 valence electrons. The second-order valence-corrected chi connectivity index (χ2v) is 20.1. The van der Waals surface area contributed by atoms with E-state index in [0.717, 1.165) is 96.8 Å². The third-order valence-corrected chi connectivity index (χ3v) is 16.1. The number of aromatic carboxylic acids is 1. The smallest absolute Gasteiger partial charge is 0.335 e. The number of benzene rings is 4. The van der Waals surface area contributed by atoms with Gasteiger partial charge in [-0.25, -0.2) is 9.78 Å². The Morgan fingerprint density at radius 2 is 1.55 bits per heavy atom. The van der Waals surface area contributed by atoms with Crippen LogP contribution in [0.4, 0.5) is 11.4 Å². The van der Waals surface area contributed by atoms with Gasteiger partial charge in [-0.1, -0.05) is 60.7 Å². The third kappa shape index (κ3) is 8.27. The molecule has 13 heteroatoms. The molecular weight excluding hydrogens is 857 g/mol. The number of carboxylic acid groups (broad SMARTS) is 1. The van der Waals surface area contributed by atoms with Gasteiger partial charge in [-0.05, 0) is 117 Å². The number of carbonyl (C=O) groups is 1. The summed E-state index contributed by atoms with van der Waals surface area (Å²) in [7, 11) is 0. The van der Waals surface area contributed by atoms with Crippen molar-refractivity contribution < 1.29 is 19.4 Å². The predicted molar refractivity (Wildman–Crippen MR) is 263 cm³/mol. The summed E-state index contributed by atoms with van der Waals surface area (Å²) in [5.74, 6) is 1.82. The maximum absolute atomic E-state index is 11.9. The molecule has 0 amide bonds. The Morgan fingerprint density at radius 1 is 0.836 bits per heavy atom. The minimum atomic E-state index is -0.879. The molecule has 3 aromatic heterocycles. The largest absolute Gasteiger partial charge is 0.478 e. The van der Waals surface area contributed by atoms with Crippen LogP contribution in [0.1, 0.15) is 109 Å². The molecule has 6 heterocycles. The van der Waals surface area contributed by atoms with Gasteiger partial charge >= 0.3 is 5.97 Å². The number of piperazine rings is 1. The number of carboxylic acids is 1. The highest BCUT2D eigenvalue weighted by molar-refractivity contribution is 7.15. The number of aliphatic imine (C=N–C) groups is 1. The van der Waals surface area contributed by atoms with Crippen molar-refractivity contribution in [2.75, 3.05) is 55.6 Å². The van der Waals surface area contributed by atoms with Gasteiger partial charge in [0.05, 0.1) is 29.5 Å². The molecule has 3 aliphatic heterocycles. The van der Waals surface area contributed by atoms with E-state index in [2.05, 4.69) is 127 Å². The molecule has 12 nitrogen and oxygen atoms in total. The van der Waals surface area contributed by atoms with E-state index in [4.69, 9.17) is 9.41 Å². The zero-order chi connectivity index (χ0) is 45.8. The van der Waals surface area contributed by atoms with Crippen LogP contribution >= 0.6 is 11.3 Å². The summed E-state index contributed by atoms with van der Waals surface area (Å²) in [6, 6.07) is 34.0. The fourth-order valence-electron chi connectivity index (χ4n) is 11.1. The van der Waals surface area contributed by atoms with Gasteiger partial charge in [-0.3, -0.25) is 14.5 Å². The average molecular weight is 913 g/mol. The molecule has 1 aliphatic carbocycles. The Hall–Kier alpha value is -6.41. The maximum Gasteiger partial charge on any atom is 0.335 e. The van der Waals surface area contributed by atoms with E-state index in [0.29, 0.717) is 43.2 Å². The van der Waals surface area contributed by atoms with Gasteiger partial charge in [0.1, 0.15) is 23.1 Å². The van der Waals surface area contributed by atoms with Crippen molar-refractivity contribution in [1.82, 2.24) is 24.6 Å². The zero-order valence-electron chi connectivity index (χ0n) is 38.3. The Labute approximate surface area is 395 Å². The van der Waals surface area contributed by atoms with E-state index < -0.39 is 11.6 Å². The number of piperidine rings is 1. The molecule has 67 heavy (non-hydrogen) atoms. The van der Waals surface area contributed by atoms with E-state index in [-0.39, 0.29) is 12.0 Å². The van der Waals surface area contributed by atoms with Crippen molar-refractivity contribution >= 4 is 34.4 Å². The van der Waals surface area contributed by atoms with Crippen molar-refractivity contribution in [2.45, 2.75) is 76.4 Å². The number of nitrogens with zero attached hydrogens (tertiary/aromatic N) is 8. The van der Waals surface area contributed by atoms with Crippen LogP contribution in [-0.2, 0) is 12.8 Å². The van der Waals surface area contributed by atoms with Crippen LogP contribution in [0.5, 0.6) is 0 Å². The van der Waals surface area contributed by atoms with Gasteiger partial charge in [0.25, 0.3) is 0 Å². The molecule has 4 aliphatic rings. The van der Waals surface area contributed by atoms with E-state index in [9.17, 15) is 15.0 Å². The maximum atomic E-state index is 11.9. The number of thiophene rings is 1. The third-order valence-electron chi connectivity index (χ3n) is 14.9. The predicted octanol–water partition coefficient (Wildman–Crippen LogP) is 9.09. The van der Waals surface area contributed by atoms with E-state index in [1.54, 1.807) is 29.9 Å². The molecule has 2 saturated heterocycles. The van der Waals surface area contributed by atoms with Crippen LogP contribution in [0.15, 0.2) is 119 Å². The van der Waals surface area contributed by atoms with Crippen molar-refractivity contribution in [1.29, 1.82) is 0 Å². The summed E-state index contributed by atoms with van der Waals surface area (Å²) in [4.78, 5) is 30.2. The van der Waals surface area contributed by atoms with Gasteiger partial charge in [0.2, 0.25) is 0 Å². The van der Waals surface area contributed by atoms with Gasteiger partial charge in [-0.2, -0.15) is 0 Å². The Morgan fingerprint density at radius 3 is 2.25 bits per heavy atom. The summed E-state index contributed by atoms with van der Waals surface area (Å²) < 4.78 is 7.83. The molecule has 4 aromatic carbocycles. The minimum absolute atomic E-state index is 0.149. The molecule has 0 bridgehead atoms. The number of β-amino-alcohol motifs (C(OH)–C–C–N with tert-alkyl or cyclic N) is 1. The Balaban J connectivity index is 0.730. The number of hydrogen-bond acceptors (Lipinski definition) is 11. The van der Waals surface area contributed by atoms with Crippen molar-refractivity contribution in [2.24, 2.45) is 4.99 Å². The van der Waals surface area contributed by atoms with Gasteiger partial charge < -0.3 is 24.4 Å². The lowest BCUT2D eigenvalue weighted by Crippen LogP contribution is -2.55. The van der Waals surface area contributed by atoms with E-state index >= 15 is 0 Å². The molecule has 7 aromatic rings. The SMILES string of the molecule is Cc1sc2c(c1C)C(c1ccc(N3CCC(O)(CN4CCN(c5ccc([C@H]6c7ccc(C(=O)O)cc7CC[C@H]6c6ccccc6)cc5)CC4)CC3)cc1)=N[C@@H](Cc1ncco1)c1nnc(C)n1-2. The highest BCUT2D eigenvalue weighted by Crippen LogP contribution is 2.47. The zero-order valence-corrected chi connectivity index (χ0v) is 39.1. The standard InChI is InChI=1S/C54H56N8O4S/c1-34-35(2)67-52-48(34)50(56-46(32-47-55-23-30-66-47)51-58-57-36(3)62(51)52)39-11-17-42(18-12-39)60-24-21-54(65,22-25-60)33-59-26-28-61(29-27-59)43-15-9-38(10-16-43)49-44(37-7-5-4-6-8-37)19-13-40-31-41(53(63)64)14-20-45(40)49/h4-12,14-18,20,23,30-31,44,46,49,65H,13,19,21-22,24-29,32-33H2,1-3H3,(H,63,64)/t44-,46-,49+/m0/s1. The minimum Gasteiger partial charge on any atom is -0.478 e. The summed E-state index contributed by atoms with van der Waals surface area (Å²) in [6.07, 6.45) is 7.01. The second kappa shape index (κ2) is 17.7. The van der Waals surface area contributed by atoms with E-state index in [1.165, 1.54) is 32.8 Å². The average Bonchev–Trinajstić information content (AvgIpc) is 4.07. The van der Waals surface area contributed by atoms with Crippen LogP contribution in [0.2, 0.25) is 0 Å².